The lowest BCUT2D eigenvalue weighted by molar-refractivity contribution is -0.389. The second-order valence-electron chi connectivity index (χ2n) is 29.6. The molecule has 0 aromatic rings. The minimum Gasteiger partial charge on any atom is -0.394 e. The highest BCUT2D eigenvalue weighted by molar-refractivity contribution is 5.76. The van der Waals surface area contributed by atoms with Gasteiger partial charge in [-0.15, -0.1) is 0 Å². The Morgan fingerprint density at radius 1 is 0.368 bits per heavy atom. The molecule has 5 aliphatic rings. The van der Waals surface area contributed by atoms with Crippen molar-refractivity contribution in [2.45, 2.75) is 405 Å². The lowest BCUT2D eigenvalue weighted by Gasteiger charge is -2.50. The molecule has 106 heavy (non-hydrogen) atoms. The van der Waals surface area contributed by atoms with Gasteiger partial charge >= 0.3 is 0 Å². The second-order valence-corrected chi connectivity index (χ2v) is 29.6. The van der Waals surface area contributed by atoms with Gasteiger partial charge in [0.05, 0.1) is 51.8 Å². The van der Waals surface area contributed by atoms with E-state index in [2.05, 4.69) is 36.6 Å². The maximum Gasteiger partial charge on any atom is 0.220 e. The van der Waals surface area contributed by atoms with Crippen LogP contribution in [0, 0.1) is 0 Å². The normalized spacial score (nSPS) is 34.4. The SMILES string of the molecule is CCCCCCCC/C=C\CCCCCCCCCCCCCCCC(=O)N[C@@H](CO[C@@H]1OC(CO)[C@@H](O[C@@H]2OC(CO)[C@H](O[C@@H]3OC(CO)[C@H](O)[C@H](O[C@@H]4OC(CO)[C@H](O[C@@H]5OC(CO)[C@H](O)[C@H](O)C5O)[C@H](O)C4NC(C)=O)C3O)[C@H](O)C2O)[C@H](O)C1O)[C@H](O)/C=C/CCCCCCCCCCCCC. The summed E-state index contributed by atoms with van der Waals surface area (Å²) in [7, 11) is 0. The van der Waals surface area contributed by atoms with Crippen LogP contribution in [0.1, 0.15) is 239 Å². The van der Waals surface area contributed by atoms with Gasteiger partial charge in [0.25, 0.3) is 0 Å². The summed E-state index contributed by atoms with van der Waals surface area (Å²) in [5, 5.41) is 181. The molecule has 27 atom stereocenters. The molecule has 30 heteroatoms. The summed E-state index contributed by atoms with van der Waals surface area (Å²) in [5.41, 5.74) is 0. The quantitative estimate of drug-likeness (QED) is 0.0307. The first-order valence-electron chi connectivity index (χ1n) is 40.1. The van der Waals surface area contributed by atoms with Crippen LogP contribution in [0.5, 0.6) is 0 Å². The van der Waals surface area contributed by atoms with E-state index in [-0.39, 0.29) is 12.3 Å². The lowest BCUT2D eigenvalue weighted by atomic mass is 9.94. The van der Waals surface area contributed by atoms with E-state index >= 15 is 0 Å². The van der Waals surface area contributed by atoms with Gasteiger partial charge in [-0.2, -0.15) is 0 Å². The fraction of sp³-hybridized carbons (Fsp3) is 0.921. The molecule has 0 aromatic carbocycles. The Morgan fingerprint density at radius 3 is 1.14 bits per heavy atom. The van der Waals surface area contributed by atoms with E-state index in [9.17, 15) is 91.3 Å². The van der Waals surface area contributed by atoms with Gasteiger partial charge < -0.3 is 140 Å². The third-order valence-corrected chi connectivity index (χ3v) is 20.9. The summed E-state index contributed by atoms with van der Waals surface area (Å²) >= 11 is 0. The minimum atomic E-state index is -2.17. The summed E-state index contributed by atoms with van der Waals surface area (Å²) in [6.45, 7) is 0.397. The molecule has 2 amide bonds. The number of carbonyl (C=O) groups excluding carboxylic acids is 2. The van der Waals surface area contributed by atoms with E-state index < -0.39 is 211 Å². The molecular weight excluding hydrogens is 1390 g/mol. The molecule has 0 radical (unpaired) electrons. The summed E-state index contributed by atoms with van der Waals surface area (Å²) in [4.78, 5) is 26.1. The average molecular weight is 1530 g/mol. The van der Waals surface area contributed by atoms with E-state index in [1.807, 2.05) is 6.08 Å². The van der Waals surface area contributed by atoms with Crippen LogP contribution >= 0.6 is 0 Å². The summed E-state index contributed by atoms with van der Waals surface area (Å²) in [6.07, 6.45) is 1.35. The van der Waals surface area contributed by atoms with Crippen molar-refractivity contribution in [3.63, 3.8) is 0 Å². The van der Waals surface area contributed by atoms with E-state index in [0.29, 0.717) is 12.8 Å². The first kappa shape index (κ1) is 94.0. The molecule has 30 nitrogen and oxygen atoms in total. The van der Waals surface area contributed by atoms with Crippen LogP contribution in [0.4, 0.5) is 0 Å². The van der Waals surface area contributed by atoms with Crippen LogP contribution < -0.4 is 10.6 Å². The van der Waals surface area contributed by atoms with Gasteiger partial charge in [0.2, 0.25) is 11.8 Å². The van der Waals surface area contributed by atoms with Crippen molar-refractivity contribution in [2.75, 3.05) is 39.6 Å². The van der Waals surface area contributed by atoms with Gasteiger partial charge in [-0.1, -0.05) is 205 Å². The standard InChI is InChI=1S/C76H138N2O28/c1-4-6-8-10-12-14-16-18-19-20-21-22-23-24-25-26-27-29-31-33-35-37-39-41-56(86)78-49(50(85)40-38-36-34-32-30-28-17-15-13-11-9-7-5-2)47-97-73-65(94)62(91)69(54(45-82)101-73)104-75-66(95)63(92)70(55(46-83)102-75)105-76-67(96)71(59(88)52(43-80)99-76)106-72-57(77-48(3)84)60(89)68(53(44-81)100-72)103-74-64(93)61(90)58(87)51(42-79)98-74/h18-19,38,40,49-55,57-76,79-83,85,87-96H,4-17,20-37,39,41-47H2,1-3H3,(H,77,84)(H,78,86)/b19-18-,40-38+/t49-,50+,51?,52?,53?,54?,55?,57?,58-,59-,60+,61-,62+,63+,64?,65?,66?,67?,68-,69+,70-,71-,72-,73+,74-,75-,76-/m0/s1. The largest absolute Gasteiger partial charge is 0.394 e. The number of aliphatic hydroxyl groups excluding tert-OH is 16. The molecule has 5 heterocycles. The molecule has 5 saturated heterocycles. The first-order valence-corrected chi connectivity index (χ1v) is 40.1. The third-order valence-electron chi connectivity index (χ3n) is 20.9. The number of nitrogens with one attached hydrogen (secondary N) is 2. The van der Waals surface area contributed by atoms with Crippen LogP contribution in [-0.2, 0) is 57.0 Å². The molecular formula is C76H138N2O28. The highest BCUT2D eigenvalue weighted by Gasteiger charge is 2.57. The zero-order valence-electron chi connectivity index (χ0n) is 63.2. The Bertz CT molecular complexity index is 2340. The molecule has 5 fully saturated rings. The van der Waals surface area contributed by atoms with Crippen LogP contribution in [-0.4, -0.2) is 299 Å². The highest BCUT2D eigenvalue weighted by Crippen LogP contribution is 2.37. The third kappa shape index (κ3) is 31.4. The lowest BCUT2D eigenvalue weighted by Crippen LogP contribution is -2.70. The van der Waals surface area contributed by atoms with Crippen LogP contribution in [0.25, 0.3) is 0 Å². The second kappa shape index (κ2) is 53.4. The predicted octanol–water partition coefficient (Wildman–Crippen LogP) is 2.50. The van der Waals surface area contributed by atoms with Gasteiger partial charge in [0, 0.05) is 13.3 Å². The number of carbonyl (C=O) groups is 2. The predicted molar refractivity (Wildman–Crippen MR) is 386 cm³/mol. The van der Waals surface area contributed by atoms with Crippen LogP contribution in [0.2, 0.25) is 0 Å². The van der Waals surface area contributed by atoms with Crippen molar-refractivity contribution >= 4 is 11.8 Å². The summed E-state index contributed by atoms with van der Waals surface area (Å²) in [5.74, 6) is -1.12. The number of amides is 2. The van der Waals surface area contributed by atoms with Crippen LogP contribution in [0.15, 0.2) is 24.3 Å². The number of unbranched alkanes of at least 4 members (excludes halogenated alkanes) is 30. The fourth-order valence-electron chi connectivity index (χ4n) is 14.3. The minimum absolute atomic E-state index is 0.197. The van der Waals surface area contributed by atoms with Gasteiger partial charge in [-0.25, -0.2) is 0 Å². The summed E-state index contributed by atoms with van der Waals surface area (Å²) < 4.78 is 58.3. The van der Waals surface area contributed by atoms with Crippen molar-refractivity contribution in [2.24, 2.45) is 0 Å². The molecule has 5 aliphatic heterocycles. The van der Waals surface area contributed by atoms with Crippen molar-refractivity contribution in [3.05, 3.63) is 24.3 Å². The van der Waals surface area contributed by atoms with E-state index in [1.165, 1.54) is 154 Å². The fourth-order valence-corrected chi connectivity index (χ4v) is 14.3. The summed E-state index contributed by atoms with van der Waals surface area (Å²) in [6, 6.07) is -2.75. The number of aliphatic hydroxyl groups is 16. The Labute approximate surface area is 627 Å². The van der Waals surface area contributed by atoms with Crippen molar-refractivity contribution in [1.82, 2.24) is 10.6 Å². The maximum atomic E-state index is 13.5. The molecule has 0 aliphatic carbocycles. The molecule has 620 valence electrons. The number of allylic oxidation sites excluding steroid dienone is 3. The number of rotatable bonds is 55. The van der Waals surface area contributed by atoms with Gasteiger partial charge in [-0.05, 0) is 44.9 Å². The van der Waals surface area contributed by atoms with Crippen molar-refractivity contribution in [1.29, 1.82) is 0 Å². The molecule has 5 rings (SSSR count). The van der Waals surface area contributed by atoms with Crippen molar-refractivity contribution in [3.8, 4) is 0 Å². The van der Waals surface area contributed by atoms with Crippen LogP contribution in [0.3, 0.4) is 0 Å². The van der Waals surface area contributed by atoms with Crippen molar-refractivity contribution < 1.29 is 139 Å². The number of ether oxygens (including phenoxy) is 10. The monoisotopic (exact) mass is 1530 g/mol. The molecule has 0 bridgehead atoms. The van der Waals surface area contributed by atoms with E-state index in [0.717, 1.165) is 51.9 Å². The Morgan fingerprint density at radius 2 is 0.708 bits per heavy atom. The maximum absolute atomic E-state index is 13.5. The number of hydrogen-bond acceptors (Lipinski definition) is 28. The van der Waals surface area contributed by atoms with Gasteiger partial charge in [-0.3, -0.25) is 9.59 Å². The topological polar surface area (TPSA) is 474 Å². The van der Waals surface area contributed by atoms with E-state index in [1.54, 1.807) is 6.08 Å². The van der Waals surface area contributed by atoms with E-state index in [4.69, 9.17) is 47.4 Å². The van der Waals surface area contributed by atoms with Gasteiger partial charge in [0.1, 0.15) is 122 Å². The molecule has 0 aromatic heterocycles. The molecule has 10 unspecified atom stereocenters. The smallest absolute Gasteiger partial charge is 0.220 e. The van der Waals surface area contributed by atoms with Gasteiger partial charge in [0.15, 0.2) is 31.5 Å². The highest BCUT2D eigenvalue weighted by atomic mass is 16.8. The zero-order chi connectivity index (χ0) is 77.3. The Kier molecular flexibility index (Phi) is 47.3. The number of hydrogen-bond donors (Lipinski definition) is 18. The molecule has 0 spiro atoms. The zero-order valence-corrected chi connectivity index (χ0v) is 63.2. The molecule has 0 saturated carbocycles. The first-order chi connectivity index (χ1) is 51.2. The Balaban J connectivity index is 1.13. The average Bonchev–Trinajstić information content (AvgIpc) is 0.772. The Hall–Kier alpha value is -2.62. The molecule has 18 N–H and O–H groups in total.